The maximum absolute atomic E-state index is 6.11. The second-order valence-corrected chi connectivity index (χ2v) is 6.05. The van der Waals surface area contributed by atoms with Crippen molar-refractivity contribution in [2.45, 2.75) is 12.8 Å². The zero-order valence-electron chi connectivity index (χ0n) is 12.6. The number of halogens is 2. The highest BCUT2D eigenvalue weighted by Crippen LogP contribution is 2.31. The molecule has 1 heterocycles. The van der Waals surface area contributed by atoms with Gasteiger partial charge in [-0.05, 0) is 45.6 Å². The third kappa shape index (κ3) is 4.47. The average molecular weight is 340 g/mol. The van der Waals surface area contributed by atoms with Crippen LogP contribution in [0.25, 0.3) is 0 Å². The molecule has 2 rings (SSSR count). The molecule has 7 heteroatoms. The molecule has 0 fully saturated rings. The van der Waals surface area contributed by atoms with Crippen molar-refractivity contribution in [3.05, 3.63) is 40.0 Å². The first kappa shape index (κ1) is 16.8. The molecule has 118 valence electrons. The number of hydrogen-bond donors (Lipinski definition) is 2. The Kier molecular flexibility index (Phi) is 5.83. The summed E-state index contributed by atoms with van der Waals surface area (Å²) in [6, 6.07) is 5.27. The lowest BCUT2D eigenvalue weighted by Crippen LogP contribution is -2.14. The van der Waals surface area contributed by atoms with E-state index in [9.17, 15) is 0 Å². The number of aromatic nitrogens is 2. The monoisotopic (exact) mass is 339 g/mol. The molecule has 0 aliphatic carbocycles. The number of anilines is 3. The highest BCUT2D eigenvalue weighted by atomic mass is 35.5. The van der Waals surface area contributed by atoms with E-state index in [0.717, 1.165) is 24.9 Å². The van der Waals surface area contributed by atoms with Crippen LogP contribution in [0.4, 0.5) is 17.5 Å². The van der Waals surface area contributed by atoms with Crippen LogP contribution in [-0.4, -0.2) is 35.5 Å². The van der Waals surface area contributed by atoms with Crippen molar-refractivity contribution in [2.24, 2.45) is 0 Å². The van der Waals surface area contributed by atoms with Crippen molar-refractivity contribution >= 4 is 40.7 Å². The normalized spacial score (nSPS) is 11.0. The number of nitrogen functional groups attached to an aromatic ring is 1. The van der Waals surface area contributed by atoms with Gasteiger partial charge in [0, 0.05) is 11.8 Å². The van der Waals surface area contributed by atoms with E-state index in [4.69, 9.17) is 28.9 Å². The molecule has 0 amide bonds. The van der Waals surface area contributed by atoms with Crippen molar-refractivity contribution in [2.75, 3.05) is 31.7 Å². The fourth-order valence-corrected chi connectivity index (χ4v) is 2.48. The highest BCUT2D eigenvalue weighted by Gasteiger charge is 2.09. The molecular formula is C15H19Cl2N5. The van der Waals surface area contributed by atoms with Crippen molar-refractivity contribution in [1.82, 2.24) is 14.9 Å². The van der Waals surface area contributed by atoms with Gasteiger partial charge in [-0.1, -0.05) is 29.3 Å². The molecule has 0 aliphatic heterocycles. The Hall–Kier alpha value is -1.56. The predicted octanol–water partition coefficient (Wildman–Crippen LogP) is 3.60. The van der Waals surface area contributed by atoms with Crippen LogP contribution in [0.3, 0.4) is 0 Å². The minimum absolute atomic E-state index is 0.379. The van der Waals surface area contributed by atoms with Crippen LogP contribution in [0.1, 0.15) is 12.0 Å². The van der Waals surface area contributed by atoms with E-state index in [-0.39, 0.29) is 0 Å². The first-order chi connectivity index (χ1) is 10.5. The van der Waals surface area contributed by atoms with Gasteiger partial charge in [-0.2, -0.15) is 4.98 Å². The van der Waals surface area contributed by atoms with Gasteiger partial charge >= 0.3 is 0 Å². The fourth-order valence-electron chi connectivity index (χ4n) is 1.99. The Morgan fingerprint density at radius 3 is 2.50 bits per heavy atom. The number of rotatable bonds is 6. The minimum atomic E-state index is 0.379. The molecule has 5 nitrogen and oxygen atoms in total. The lowest BCUT2D eigenvalue weighted by molar-refractivity contribution is 0.400. The number of nitrogens with two attached hydrogens (primary N) is 1. The van der Waals surface area contributed by atoms with Crippen LogP contribution in [0.2, 0.25) is 10.0 Å². The summed E-state index contributed by atoms with van der Waals surface area (Å²) >= 11 is 12.2. The maximum atomic E-state index is 6.11. The molecule has 0 atom stereocenters. The molecule has 2 aromatic rings. The van der Waals surface area contributed by atoms with Gasteiger partial charge in [0.15, 0.2) is 0 Å². The summed E-state index contributed by atoms with van der Waals surface area (Å²) in [6.07, 6.45) is 3.59. The second-order valence-electron chi connectivity index (χ2n) is 5.23. The molecule has 0 aliphatic rings. The molecule has 0 saturated carbocycles. The smallest absolute Gasteiger partial charge is 0.229 e. The van der Waals surface area contributed by atoms with Crippen LogP contribution < -0.4 is 11.1 Å². The van der Waals surface area contributed by atoms with E-state index in [1.807, 2.05) is 14.1 Å². The molecular weight excluding hydrogens is 321 g/mol. The van der Waals surface area contributed by atoms with Crippen molar-refractivity contribution in [1.29, 1.82) is 0 Å². The Labute approximate surface area is 140 Å². The zero-order valence-corrected chi connectivity index (χ0v) is 14.1. The van der Waals surface area contributed by atoms with Crippen LogP contribution in [-0.2, 0) is 6.42 Å². The van der Waals surface area contributed by atoms with E-state index in [2.05, 4.69) is 20.2 Å². The Morgan fingerprint density at radius 2 is 1.91 bits per heavy atom. The van der Waals surface area contributed by atoms with Gasteiger partial charge in [-0.25, -0.2) is 4.98 Å². The van der Waals surface area contributed by atoms with Gasteiger partial charge in [-0.15, -0.1) is 0 Å². The Bertz CT molecular complexity index is 626. The molecule has 0 spiro atoms. The molecule has 0 saturated heterocycles. The van der Waals surface area contributed by atoms with E-state index < -0.39 is 0 Å². The highest BCUT2D eigenvalue weighted by molar-refractivity contribution is 6.39. The third-order valence-electron chi connectivity index (χ3n) is 3.15. The van der Waals surface area contributed by atoms with Crippen molar-refractivity contribution in [3.8, 4) is 0 Å². The molecule has 3 N–H and O–H groups in total. The molecule has 0 radical (unpaired) electrons. The largest absolute Gasteiger partial charge is 0.383 e. The maximum Gasteiger partial charge on any atom is 0.229 e. The number of aryl methyl sites for hydroxylation is 1. The van der Waals surface area contributed by atoms with Gasteiger partial charge in [0.1, 0.15) is 5.82 Å². The Morgan fingerprint density at radius 1 is 1.23 bits per heavy atom. The van der Waals surface area contributed by atoms with Gasteiger partial charge in [-0.3, -0.25) is 0 Å². The third-order valence-corrected chi connectivity index (χ3v) is 3.78. The molecule has 22 heavy (non-hydrogen) atoms. The summed E-state index contributed by atoms with van der Waals surface area (Å²) in [5.41, 5.74) is 7.51. The average Bonchev–Trinajstić information content (AvgIpc) is 2.45. The van der Waals surface area contributed by atoms with Crippen LogP contribution in [0.5, 0.6) is 0 Å². The van der Waals surface area contributed by atoms with E-state index in [0.29, 0.717) is 27.5 Å². The quantitative estimate of drug-likeness (QED) is 0.841. The second kappa shape index (κ2) is 7.63. The molecule has 1 aromatic heterocycles. The van der Waals surface area contributed by atoms with Crippen molar-refractivity contribution in [3.63, 3.8) is 0 Å². The minimum Gasteiger partial charge on any atom is -0.383 e. The number of hydrogen-bond acceptors (Lipinski definition) is 5. The molecule has 0 unspecified atom stereocenters. The summed E-state index contributed by atoms with van der Waals surface area (Å²) < 4.78 is 0. The number of para-hydroxylation sites is 1. The Balaban J connectivity index is 2.09. The first-order valence-electron chi connectivity index (χ1n) is 6.94. The molecule has 1 aromatic carbocycles. The van der Waals surface area contributed by atoms with Gasteiger partial charge in [0.05, 0.1) is 15.7 Å². The van der Waals surface area contributed by atoms with Crippen molar-refractivity contribution < 1.29 is 0 Å². The summed E-state index contributed by atoms with van der Waals surface area (Å²) in [5.74, 6) is 0.850. The van der Waals surface area contributed by atoms with E-state index in [1.54, 1.807) is 24.4 Å². The van der Waals surface area contributed by atoms with Gasteiger partial charge in [0.2, 0.25) is 5.95 Å². The molecule has 0 bridgehead atoms. The van der Waals surface area contributed by atoms with Crippen LogP contribution in [0, 0.1) is 0 Å². The summed E-state index contributed by atoms with van der Waals surface area (Å²) in [5, 5.41) is 4.02. The van der Waals surface area contributed by atoms with Gasteiger partial charge < -0.3 is 16.0 Å². The fraction of sp³-hybridized carbons (Fsp3) is 0.333. The zero-order chi connectivity index (χ0) is 16.1. The summed E-state index contributed by atoms with van der Waals surface area (Å²) in [7, 11) is 4.08. The van der Waals surface area contributed by atoms with Gasteiger partial charge in [0.25, 0.3) is 0 Å². The number of nitrogens with one attached hydrogen (secondary N) is 1. The lowest BCUT2D eigenvalue weighted by Gasteiger charge is -2.12. The summed E-state index contributed by atoms with van der Waals surface area (Å²) in [6.45, 7) is 0.995. The van der Waals surface area contributed by atoms with E-state index in [1.165, 1.54) is 0 Å². The number of nitrogens with zero attached hydrogens (tertiary/aromatic N) is 3. The standard InChI is InChI=1S/C15H19Cl2N5/c1-22(2)8-4-5-10-9-19-15(21-14(10)18)20-13-11(16)6-3-7-12(13)17/h3,6-7,9H,4-5,8H2,1-2H3,(H3,18,19,20,21). The van der Waals surface area contributed by atoms with Crippen LogP contribution >= 0.6 is 23.2 Å². The number of benzene rings is 1. The van der Waals surface area contributed by atoms with E-state index >= 15 is 0 Å². The lowest BCUT2D eigenvalue weighted by atomic mass is 10.1. The van der Waals surface area contributed by atoms with Crippen LogP contribution in [0.15, 0.2) is 24.4 Å². The SMILES string of the molecule is CN(C)CCCc1cnc(Nc2c(Cl)cccc2Cl)nc1N. The topological polar surface area (TPSA) is 67.1 Å². The summed E-state index contributed by atoms with van der Waals surface area (Å²) in [4.78, 5) is 10.7. The first-order valence-corrected chi connectivity index (χ1v) is 7.70. The predicted molar refractivity (Wildman–Crippen MR) is 93.1 cm³/mol.